The van der Waals surface area contributed by atoms with Crippen molar-refractivity contribution in [3.8, 4) is 0 Å². The van der Waals surface area contributed by atoms with E-state index >= 15 is 0 Å². The van der Waals surface area contributed by atoms with E-state index in [2.05, 4.69) is 29.5 Å². The summed E-state index contributed by atoms with van der Waals surface area (Å²) in [4.78, 5) is 13.9. The summed E-state index contributed by atoms with van der Waals surface area (Å²) in [6.07, 6.45) is 5.36. The van der Waals surface area contributed by atoms with Crippen molar-refractivity contribution in [1.29, 1.82) is 0 Å². The molecule has 2 aromatic rings. The number of nitrogens with zero attached hydrogens (tertiary/aromatic N) is 3. The Labute approximate surface area is 159 Å². The van der Waals surface area contributed by atoms with Gasteiger partial charge >= 0.3 is 0 Å². The van der Waals surface area contributed by atoms with Gasteiger partial charge in [-0.25, -0.2) is 9.07 Å². The maximum absolute atomic E-state index is 14.0. The first-order valence-corrected chi connectivity index (χ1v) is 9.77. The maximum Gasteiger partial charge on any atom is 0.273 e. The largest absolute Gasteiger partial charge is 0.345 e. The molecule has 2 N–H and O–H groups in total. The predicted octanol–water partition coefficient (Wildman–Crippen LogP) is 1.60. The first-order valence-electron chi connectivity index (χ1n) is 9.77. The van der Waals surface area contributed by atoms with Gasteiger partial charge in [-0.1, -0.05) is 23.4 Å². The molecule has 1 aliphatic heterocycles. The van der Waals surface area contributed by atoms with Crippen LogP contribution in [0.25, 0.3) is 0 Å². The molecule has 1 amide bonds. The first-order chi connectivity index (χ1) is 13.0. The van der Waals surface area contributed by atoms with Crippen molar-refractivity contribution >= 4 is 5.91 Å². The number of amides is 1. The van der Waals surface area contributed by atoms with Gasteiger partial charge in [-0.05, 0) is 46.1 Å². The van der Waals surface area contributed by atoms with Crippen LogP contribution in [0.3, 0.4) is 0 Å². The van der Waals surface area contributed by atoms with E-state index in [1.54, 1.807) is 29.3 Å². The van der Waals surface area contributed by atoms with Gasteiger partial charge in [0.05, 0.1) is 37.4 Å². The molecule has 1 saturated heterocycles. The lowest BCUT2D eigenvalue weighted by atomic mass is 9.98. The van der Waals surface area contributed by atoms with Crippen LogP contribution in [0.2, 0.25) is 0 Å². The number of quaternary nitrogens is 1. The Morgan fingerprint density at radius 3 is 2.74 bits per heavy atom. The first kappa shape index (κ1) is 19.5. The summed E-state index contributed by atoms with van der Waals surface area (Å²) >= 11 is 0. The summed E-state index contributed by atoms with van der Waals surface area (Å²) in [5, 5.41) is 10.9. The van der Waals surface area contributed by atoms with Gasteiger partial charge in [0, 0.05) is 5.56 Å². The van der Waals surface area contributed by atoms with Crippen molar-refractivity contribution in [3.63, 3.8) is 0 Å². The van der Waals surface area contributed by atoms with Crippen molar-refractivity contribution in [1.82, 2.24) is 20.3 Å². The molecule has 1 aliphatic rings. The van der Waals surface area contributed by atoms with E-state index in [-0.39, 0.29) is 23.5 Å². The van der Waals surface area contributed by atoms with Gasteiger partial charge in [0.15, 0.2) is 5.69 Å². The number of halogens is 1. The van der Waals surface area contributed by atoms with Crippen LogP contribution in [0, 0.1) is 5.82 Å². The number of nitrogens with one attached hydrogen (secondary N) is 2. The molecular formula is C20H29FN5O+. The van der Waals surface area contributed by atoms with E-state index in [1.807, 2.05) is 6.92 Å². The van der Waals surface area contributed by atoms with Gasteiger partial charge in [-0.2, -0.15) is 0 Å². The van der Waals surface area contributed by atoms with Crippen LogP contribution in [-0.4, -0.2) is 46.1 Å². The number of carbonyl (C=O) groups excluding carboxylic acids is 1. The third-order valence-electron chi connectivity index (χ3n) is 5.73. The Morgan fingerprint density at radius 2 is 2.04 bits per heavy atom. The molecule has 0 bridgehead atoms. The third-order valence-corrected chi connectivity index (χ3v) is 5.73. The lowest BCUT2D eigenvalue weighted by molar-refractivity contribution is -0.950. The van der Waals surface area contributed by atoms with E-state index in [0.29, 0.717) is 24.2 Å². The van der Waals surface area contributed by atoms with E-state index < -0.39 is 0 Å². The smallest absolute Gasteiger partial charge is 0.273 e. The molecule has 0 unspecified atom stereocenters. The average Bonchev–Trinajstić information content (AvgIpc) is 3.14. The summed E-state index contributed by atoms with van der Waals surface area (Å²) < 4.78 is 15.5. The third kappa shape index (κ3) is 4.53. The highest BCUT2D eigenvalue weighted by Crippen LogP contribution is 2.19. The molecular weight excluding hydrogens is 345 g/mol. The van der Waals surface area contributed by atoms with Gasteiger partial charge in [-0.15, -0.1) is 5.10 Å². The molecule has 0 saturated carbocycles. The van der Waals surface area contributed by atoms with Gasteiger partial charge < -0.3 is 10.2 Å². The number of aromatic nitrogens is 3. The molecule has 0 radical (unpaired) electrons. The molecule has 3 rings (SSSR count). The summed E-state index contributed by atoms with van der Waals surface area (Å²) in [7, 11) is 0. The van der Waals surface area contributed by atoms with Crippen molar-refractivity contribution < 1.29 is 14.1 Å². The Balaban J connectivity index is 1.56. The zero-order chi connectivity index (χ0) is 19.4. The fourth-order valence-corrected chi connectivity index (χ4v) is 4.02. The van der Waals surface area contributed by atoms with Crippen LogP contribution >= 0.6 is 0 Å². The zero-order valence-electron chi connectivity index (χ0n) is 16.3. The molecule has 27 heavy (non-hydrogen) atoms. The summed E-state index contributed by atoms with van der Waals surface area (Å²) in [6.45, 7) is 7.91. The van der Waals surface area contributed by atoms with Crippen LogP contribution in [-0.2, 0) is 0 Å². The number of hydrogen-bond acceptors (Lipinski definition) is 3. The minimum absolute atomic E-state index is 0.237. The molecule has 7 heteroatoms. The highest BCUT2D eigenvalue weighted by Gasteiger charge is 2.28. The van der Waals surface area contributed by atoms with E-state index in [4.69, 9.17) is 0 Å². The lowest BCUT2D eigenvalue weighted by Gasteiger charge is -2.35. The number of benzene rings is 1. The number of hydrogen-bond donors (Lipinski definition) is 2. The Hall–Kier alpha value is -2.28. The summed E-state index contributed by atoms with van der Waals surface area (Å²) in [5.41, 5.74) is 0.777. The molecule has 146 valence electrons. The highest BCUT2D eigenvalue weighted by molar-refractivity contribution is 5.91. The normalized spacial score (nSPS) is 21.8. The quantitative estimate of drug-likeness (QED) is 0.807. The molecule has 1 aromatic carbocycles. The molecule has 2 heterocycles. The minimum Gasteiger partial charge on any atom is -0.345 e. The van der Waals surface area contributed by atoms with Gasteiger partial charge in [0.25, 0.3) is 5.91 Å². The van der Waals surface area contributed by atoms with Crippen LogP contribution < -0.4 is 10.2 Å². The van der Waals surface area contributed by atoms with Gasteiger partial charge in [0.1, 0.15) is 5.82 Å². The van der Waals surface area contributed by atoms with Crippen LogP contribution in [0.5, 0.6) is 0 Å². The molecule has 0 aliphatic carbocycles. The predicted molar refractivity (Wildman–Crippen MR) is 101 cm³/mol. The number of carbonyl (C=O) groups is 1. The second-order valence-corrected chi connectivity index (χ2v) is 7.60. The monoisotopic (exact) mass is 374 g/mol. The van der Waals surface area contributed by atoms with Gasteiger partial charge in [0.2, 0.25) is 0 Å². The standard InChI is InChI=1S/C20H28FN5O/c1-14-7-6-8-15(2)25(14)12-11-22-20(27)19-13-26(24-23-19)16(3)17-9-4-5-10-18(17)21/h4-5,9-10,13-16H,6-8,11-12H2,1-3H3,(H,22,27)/p+1/t14-,15-,16-/m0/s1. The lowest BCUT2D eigenvalue weighted by Crippen LogP contribution is -3.19. The Morgan fingerprint density at radius 1 is 1.33 bits per heavy atom. The molecule has 1 fully saturated rings. The average molecular weight is 374 g/mol. The Kier molecular flexibility index (Phi) is 6.21. The molecule has 3 atom stereocenters. The Bertz CT molecular complexity index is 767. The number of rotatable bonds is 6. The van der Waals surface area contributed by atoms with E-state index in [1.165, 1.54) is 30.0 Å². The zero-order valence-corrected chi connectivity index (χ0v) is 16.3. The summed E-state index contributed by atoms with van der Waals surface area (Å²) in [6, 6.07) is 7.50. The van der Waals surface area contributed by atoms with Crippen molar-refractivity contribution in [2.24, 2.45) is 0 Å². The second-order valence-electron chi connectivity index (χ2n) is 7.60. The minimum atomic E-state index is -0.334. The van der Waals surface area contributed by atoms with Crippen molar-refractivity contribution in [2.75, 3.05) is 13.1 Å². The molecule has 6 nitrogen and oxygen atoms in total. The fraction of sp³-hybridized carbons (Fsp3) is 0.550. The topological polar surface area (TPSA) is 64.2 Å². The van der Waals surface area contributed by atoms with Crippen LogP contribution in [0.1, 0.15) is 62.1 Å². The van der Waals surface area contributed by atoms with Crippen molar-refractivity contribution in [3.05, 3.63) is 47.5 Å². The van der Waals surface area contributed by atoms with E-state index in [0.717, 1.165) is 6.54 Å². The molecule has 0 spiro atoms. The number of piperidine rings is 1. The van der Waals surface area contributed by atoms with E-state index in [9.17, 15) is 9.18 Å². The maximum atomic E-state index is 14.0. The SMILES string of the molecule is C[C@@H](c1ccccc1F)n1cc(C(=O)NCC[NH+]2[C@@H](C)CCC[C@@H]2C)nn1. The highest BCUT2D eigenvalue weighted by atomic mass is 19.1. The fourth-order valence-electron chi connectivity index (χ4n) is 4.02. The van der Waals surface area contributed by atoms with Crippen molar-refractivity contribution in [2.45, 2.75) is 58.2 Å². The second kappa shape index (κ2) is 8.61. The summed E-state index contributed by atoms with van der Waals surface area (Å²) in [5.74, 6) is -0.530. The van der Waals surface area contributed by atoms with Crippen LogP contribution in [0.4, 0.5) is 4.39 Å². The number of likely N-dealkylation sites (tertiary alicyclic amines) is 1. The van der Waals surface area contributed by atoms with Crippen LogP contribution in [0.15, 0.2) is 30.5 Å². The molecule has 1 aromatic heterocycles. The van der Waals surface area contributed by atoms with Gasteiger partial charge in [-0.3, -0.25) is 4.79 Å².